The van der Waals surface area contributed by atoms with Gasteiger partial charge in [-0.1, -0.05) is 54.4 Å². The van der Waals surface area contributed by atoms with Crippen molar-refractivity contribution in [2.75, 3.05) is 13.1 Å². The Labute approximate surface area is 161 Å². The molecule has 0 aromatic heterocycles. The number of benzene rings is 2. The van der Waals surface area contributed by atoms with Crippen LogP contribution in [0.15, 0.2) is 48.5 Å². The average molecular weight is 364 g/mol. The van der Waals surface area contributed by atoms with E-state index in [0.29, 0.717) is 31.6 Å². The van der Waals surface area contributed by atoms with Crippen LogP contribution in [-0.4, -0.2) is 40.7 Å². The number of nitrogens with zero attached hydrogens (tertiary/aromatic N) is 2. The normalized spacial score (nSPS) is 17.7. The maximum Gasteiger partial charge on any atom is 0.253 e. The van der Waals surface area contributed by atoms with E-state index in [1.54, 1.807) is 0 Å². The monoisotopic (exact) mass is 364 g/mol. The maximum atomic E-state index is 13.1. The molecule has 27 heavy (non-hydrogen) atoms. The molecule has 4 nitrogen and oxygen atoms in total. The summed E-state index contributed by atoms with van der Waals surface area (Å²) in [5.74, 6) is 0.149. The van der Waals surface area contributed by atoms with E-state index in [1.807, 2.05) is 66.1 Å². The lowest BCUT2D eigenvalue weighted by Gasteiger charge is -2.31. The fraction of sp³-hybridized carbons (Fsp3) is 0.391. The van der Waals surface area contributed by atoms with Gasteiger partial charge in [-0.25, -0.2) is 0 Å². The van der Waals surface area contributed by atoms with Gasteiger partial charge in [-0.05, 0) is 38.0 Å². The molecule has 0 bridgehead atoms. The molecule has 0 saturated carbocycles. The van der Waals surface area contributed by atoms with Crippen molar-refractivity contribution in [3.8, 4) is 0 Å². The predicted molar refractivity (Wildman–Crippen MR) is 108 cm³/mol. The molecule has 1 aliphatic rings. The van der Waals surface area contributed by atoms with Crippen molar-refractivity contribution >= 4 is 11.8 Å². The summed E-state index contributed by atoms with van der Waals surface area (Å²) in [7, 11) is 0. The van der Waals surface area contributed by atoms with Gasteiger partial charge in [0, 0.05) is 37.7 Å². The highest BCUT2D eigenvalue weighted by atomic mass is 16.2. The van der Waals surface area contributed by atoms with Crippen molar-refractivity contribution in [3.63, 3.8) is 0 Å². The predicted octanol–water partition coefficient (Wildman–Crippen LogP) is 3.96. The first-order valence-electron chi connectivity index (χ1n) is 9.69. The second-order valence-electron chi connectivity index (χ2n) is 7.45. The molecule has 2 amide bonds. The van der Waals surface area contributed by atoms with Crippen LogP contribution in [0.2, 0.25) is 0 Å². The molecule has 3 rings (SSSR count). The third-order valence-electron chi connectivity index (χ3n) is 5.21. The Morgan fingerprint density at radius 2 is 1.74 bits per heavy atom. The van der Waals surface area contributed by atoms with Gasteiger partial charge in [0.2, 0.25) is 5.91 Å². The number of hydrogen-bond donors (Lipinski definition) is 0. The second kappa shape index (κ2) is 8.38. The molecule has 1 saturated heterocycles. The largest absolute Gasteiger partial charge is 0.336 e. The van der Waals surface area contributed by atoms with E-state index in [1.165, 1.54) is 0 Å². The molecular formula is C23H28N2O2. The Hall–Kier alpha value is -2.62. The second-order valence-corrected chi connectivity index (χ2v) is 7.45. The molecule has 1 fully saturated rings. The summed E-state index contributed by atoms with van der Waals surface area (Å²) < 4.78 is 0. The van der Waals surface area contributed by atoms with E-state index < -0.39 is 0 Å². The highest BCUT2D eigenvalue weighted by Crippen LogP contribution is 2.20. The molecule has 142 valence electrons. The molecule has 0 aliphatic carbocycles. The topological polar surface area (TPSA) is 40.6 Å². The van der Waals surface area contributed by atoms with Crippen molar-refractivity contribution in [1.29, 1.82) is 0 Å². The Kier molecular flexibility index (Phi) is 5.94. The molecule has 0 N–H and O–H groups in total. The zero-order chi connectivity index (χ0) is 19.4. The van der Waals surface area contributed by atoms with E-state index in [0.717, 1.165) is 23.1 Å². The van der Waals surface area contributed by atoms with Gasteiger partial charge in [-0.2, -0.15) is 0 Å². The van der Waals surface area contributed by atoms with Crippen LogP contribution in [0.5, 0.6) is 0 Å². The number of carbonyl (C=O) groups excluding carboxylic acids is 2. The number of hydrogen-bond acceptors (Lipinski definition) is 2. The van der Waals surface area contributed by atoms with Crippen LogP contribution in [0.3, 0.4) is 0 Å². The summed E-state index contributed by atoms with van der Waals surface area (Å²) in [6.45, 7) is 7.76. The summed E-state index contributed by atoms with van der Waals surface area (Å²) in [5.41, 5.74) is 4.01. The number of carbonyl (C=O) groups is 2. The van der Waals surface area contributed by atoms with E-state index in [2.05, 4.69) is 13.0 Å². The lowest BCUT2D eigenvalue weighted by molar-refractivity contribution is -0.133. The van der Waals surface area contributed by atoms with E-state index in [9.17, 15) is 9.59 Å². The van der Waals surface area contributed by atoms with E-state index in [-0.39, 0.29) is 17.9 Å². The van der Waals surface area contributed by atoms with Crippen molar-refractivity contribution in [3.05, 3.63) is 70.8 Å². The SMILES string of the molecule is CC[C@H]1CN(C(=O)c2cc(C)cc(C)c2)CCC(=O)N1Cc1ccccc1. The first kappa shape index (κ1) is 19.2. The Balaban J connectivity index is 1.80. The van der Waals surface area contributed by atoms with Gasteiger partial charge in [0.25, 0.3) is 5.91 Å². The fourth-order valence-electron chi connectivity index (χ4n) is 3.83. The van der Waals surface area contributed by atoms with Crippen LogP contribution in [0.4, 0.5) is 0 Å². The van der Waals surface area contributed by atoms with Crippen LogP contribution in [-0.2, 0) is 11.3 Å². The number of aryl methyl sites for hydroxylation is 2. The first-order valence-corrected chi connectivity index (χ1v) is 9.69. The average Bonchev–Trinajstić information content (AvgIpc) is 2.81. The Bertz CT molecular complexity index is 796. The lowest BCUT2D eigenvalue weighted by atomic mass is 10.1. The molecule has 1 aliphatic heterocycles. The van der Waals surface area contributed by atoms with Gasteiger partial charge in [-0.15, -0.1) is 0 Å². The fourth-order valence-corrected chi connectivity index (χ4v) is 3.83. The number of amides is 2. The minimum absolute atomic E-state index is 0.0228. The van der Waals surface area contributed by atoms with Gasteiger partial charge < -0.3 is 9.80 Å². The molecular weight excluding hydrogens is 336 g/mol. The molecule has 0 spiro atoms. The summed E-state index contributed by atoms with van der Waals surface area (Å²) in [6, 6.07) is 16.0. The summed E-state index contributed by atoms with van der Waals surface area (Å²) in [4.78, 5) is 29.7. The van der Waals surface area contributed by atoms with Gasteiger partial charge in [0.1, 0.15) is 0 Å². The third-order valence-corrected chi connectivity index (χ3v) is 5.21. The quantitative estimate of drug-likeness (QED) is 0.824. The minimum atomic E-state index is 0.0228. The maximum absolute atomic E-state index is 13.1. The van der Waals surface area contributed by atoms with Gasteiger partial charge in [-0.3, -0.25) is 9.59 Å². The van der Waals surface area contributed by atoms with Crippen LogP contribution in [0, 0.1) is 13.8 Å². The molecule has 4 heteroatoms. The zero-order valence-electron chi connectivity index (χ0n) is 16.4. The molecule has 1 atom stereocenters. The van der Waals surface area contributed by atoms with Crippen molar-refractivity contribution < 1.29 is 9.59 Å². The summed E-state index contributed by atoms with van der Waals surface area (Å²) >= 11 is 0. The van der Waals surface area contributed by atoms with Crippen molar-refractivity contribution in [2.45, 2.75) is 46.2 Å². The highest BCUT2D eigenvalue weighted by Gasteiger charge is 2.31. The van der Waals surface area contributed by atoms with Gasteiger partial charge in [0.05, 0.1) is 0 Å². The minimum Gasteiger partial charge on any atom is -0.336 e. The third kappa shape index (κ3) is 4.57. The Morgan fingerprint density at radius 3 is 2.37 bits per heavy atom. The van der Waals surface area contributed by atoms with Crippen LogP contribution < -0.4 is 0 Å². The smallest absolute Gasteiger partial charge is 0.253 e. The summed E-state index contributed by atoms with van der Waals surface area (Å²) in [5, 5.41) is 0. The van der Waals surface area contributed by atoms with Gasteiger partial charge in [0.15, 0.2) is 0 Å². The molecule has 1 heterocycles. The molecule has 2 aromatic carbocycles. The Morgan fingerprint density at radius 1 is 1.07 bits per heavy atom. The highest BCUT2D eigenvalue weighted by molar-refractivity contribution is 5.95. The van der Waals surface area contributed by atoms with Crippen LogP contribution in [0.1, 0.15) is 46.8 Å². The molecule has 0 unspecified atom stereocenters. The van der Waals surface area contributed by atoms with E-state index >= 15 is 0 Å². The standard InChI is InChI=1S/C23H28N2O2/c1-4-21-16-24(23(27)20-13-17(2)12-18(3)14-20)11-10-22(26)25(21)15-19-8-6-5-7-9-19/h5-9,12-14,21H,4,10-11,15-16H2,1-3H3/t21-/m0/s1. The van der Waals surface area contributed by atoms with Crippen LogP contribution in [0.25, 0.3) is 0 Å². The van der Waals surface area contributed by atoms with E-state index in [4.69, 9.17) is 0 Å². The van der Waals surface area contributed by atoms with Crippen molar-refractivity contribution in [1.82, 2.24) is 9.80 Å². The first-order chi connectivity index (χ1) is 13.0. The van der Waals surface area contributed by atoms with Crippen molar-refractivity contribution in [2.24, 2.45) is 0 Å². The lowest BCUT2D eigenvalue weighted by Crippen LogP contribution is -2.43. The molecule has 0 radical (unpaired) electrons. The zero-order valence-corrected chi connectivity index (χ0v) is 16.4. The van der Waals surface area contributed by atoms with Gasteiger partial charge >= 0.3 is 0 Å². The summed E-state index contributed by atoms with van der Waals surface area (Å²) in [6.07, 6.45) is 1.20. The van der Waals surface area contributed by atoms with Crippen LogP contribution >= 0.6 is 0 Å². The number of rotatable bonds is 4. The molecule has 2 aromatic rings.